The van der Waals surface area contributed by atoms with Gasteiger partial charge in [0.15, 0.2) is 6.10 Å². The molecule has 0 spiro atoms. The Labute approximate surface area is 361 Å². The fraction of sp³-hybridized carbons (Fsp3) is 0.673. The van der Waals surface area contributed by atoms with Gasteiger partial charge >= 0.3 is 11.9 Å². The summed E-state index contributed by atoms with van der Waals surface area (Å²) in [5.74, 6) is -0.949. The Morgan fingerprint density at radius 2 is 1.00 bits per heavy atom. The third kappa shape index (κ3) is 44.6. The highest BCUT2D eigenvalue weighted by atomic mass is 31.2. The molecule has 0 aliphatic carbocycles. The lowest BCUT2D eigenvalue weighted by atomic mass is 10.1. The number of carbonyl (C=O) groups excluding carboxylic acids is 2. The van der Waals surface area contributed by atoms with E-state index in [-0.39, 0.29) is 26.1 Å². The van der Waals surface area contributed by atoms with Crippen molar-refractivity contribution in [2.75, 3.05) is 47.5 Å². The van der Waals surface area contributed by atoms with Crippen LogP contribution in [0.3, 0.4) is 0 Å². The summed E-state index contributed by atoms with van der Waals surface area (Å²) in [5.41, 5.74) is 0. The van der Waals surface area contributed by atoms with E-state index in [1.807, 2.05) is 33.3 Å². The van der Waals surface area contributed by atoms with Gasteiger partial charge in [-0.25, -0.2) is 0 Å². The van der Waals surface area contributed by atoms with Crippen LogP contribution in [-0.2, 0) is 32.7 Å². The summed E-state index contributed by atoms with van der Waals surface area (Å²) in [6.07, 6.45) is 52.0. The molecule has 0 N–H and O–H groups in total. The Balaban J connectivity index is 4.50. The van der Waals surface area contributed by atoms with E-state index in [2.05, 4.69) is 86.8 Å². The number of esters is 2. The molecule has 9 nitrogen and oxygen atoms in total. The molecule has 0 rings (SSSR count). The standard InChI is InChI=1S/C49H84NO8P/c1-6-8-10-12-14-16-18-20-22-24-25-26-28-30-32-34-36-38-40-42-49(52)58-47(46-57-59(53,54)56-44-43-50(3,4)5)45-55-48(51)41-39-37-35-33-31-29-27-23-21-19-17-15-13-11-9-7-2/h8,10,14,16,20,22-23,25-27,30,32,36,38,47H,6-7,9,11-13,15,17-19,21,24,28-29,31,33-35,37,39-46H2,1-5H3/b10-8-,16-14-,22-20-,26-25-,27-23-,32-30-,38-36-/t47-/m1/s1. The monoisotopic (exact) mass is 846 g/mol. The molecule has 0 aromatic heterocycles. The Kier molecular flexibility index (Phi) is 38.7. The van der Waals surface area contributed by atoms with Crippen molar-refractivity contribution in [3.05, 3.63) is 85.1 Å². The lowest BCUT2D eigenvalue weighted by molar-refractivity contribution is -0.870. The van der Waals surface area contributed by atoms with Crippen molar-refractivity contribution in [3.8, 4) is 0 Å². The molecule has 338 valence electrons. The van der Waals surface area contributed by atoms with Crippen LogP contribution in [0.4, 0.5) is 0 Å². The van der Waals surface area contributed by atoms with Crippen molar-refractivity contribution in [2.24, 2.45) is 0 Å². The molecule has 0 aromatic rings. The Hall–Kier alpha value is -2.81. The van der Waals surface area contributed by atoms with E-state index in [4.69, 9.17) is 18.5 Å². The summed E-state index contributed by atoms with van der Waals surface area (Å²) in [6, 6.07) is 0. The van der Waals surface area contributed by atoms with Crippen molar-refractivity contribution in [1.82, 2.24) is 0 Å². The molecule has 0 fully saturated rings. The van der Waals surface area contributed by atoms with Crippen LogP contribution in [0.1, 0.15) is 162 Å². The minimum atomic E-state index is -4.65. The number of phosphoric acid groups is 1. The number of ether oxygens (including phenoxy) is 2. The molecular weight excluding hydrogens is 762 g/mol. The number of quaternary nitrogens is 1. The normalized spacial score (nSPS) is 14.3. The number of hydrogen-bond acceptors (Lipinski definition) is 8. The summed E-state index contributed by atoms with van der Waals surface area (Å²) in [6.45, 7) is 4.00. The predicted molar refractivity (Wildman–Crippen MR) is 245 cm³/mol. The van der Waals surface area contributed by atoms with Crippen molar-refractivity contribution >= 4 is 19.8 Å². The quantitative estimate of drug-likeness (QED) is 0.0197. The predicted octanol–water partition coefficient (Wildman–Crippen LogP) is 12.6. The number of phosphoric ester groups is 1. The minimum Gasteiger partial charge on any atom is -0.756 e. The van der Waals surface area contributed by atoms with Gasteiger partial charge in [-0.15, -0.1) is 0 Å². The molecule has 0 amide bonds. The van der Waals surface area contributed by atoms with Gasteiger partial charge in [-0.1, -0.05) is 157 Å². The molecular formula is C49H84NO8P. The Morgan fingerprint density at radius 1 is 0.542 bits per heavy atom. The average Bonchev–Trinajstić information content (AvgIpc) is 3.19. The number of unbranched alkanes of at least 4 members (excludes halogenated alkanes) is 12. The number of likely N-dealkylation sites (N-methyl/N-ethyl adjacent to an activating group) is 1. The summed E-state index contributed by atoms with van der Waals surface area (Å²) in [4.78, 5) is 37.5. The third-order valence-electron chi connectivity index (χ3n) is 9.16. The SMILES string of the molecule is CC/C=C\C/C=C\C/C=C\C/C=C\C/C=C\C/C=C\CCC(=O)O[C@H](COC(=O)CCCCCCC/C=C\CCCCCCCCC)COP(=O)([O-])OCC[N+](C)(C)C. The van der Waals surface area contributed by atoms with E-state index in [1.165, 1.54) is 51.4 Å². The lowest BCUT2D eigenvalue weighted by Gasteiger charge is -2.28. The van der Waals surface area contributed by atoms with Gasteiger partial charge in [0.2, 0.25) is 0 Å². The van der Waals surface area contributed by atoms with Crippen LogP contribution >= 0.6 is 7.82 Å². The molecule has 0 aliphatic rings. The van der Waals surface area contributed by atoms with E-state index in [0.29, 0.717) is 23.9 Å². The minimum absolute atomic E-state index is 0.0499. The first-order valence-corrected chi connectivity index (χ1v) is 24.3. The van der Waals surface area contributed by atoms with Gasteiger partial charge < -0.3 is 27.9 Å². The van der Waals surface area contributed by atoms with Gasteiger partial charge in [-0.2, -0.15) is 0 Å². The van der Waals surface area contributed by atoms with Crippen LogP contribution in [0.2, 0.25) is 0 Å². The van der Waals surface area contributed by atoms with Gasteiger partial charge in [-0.3, -0.25) is 14.2 Å². The van der Waals surface area contributed by atoms with Crippen LogP contribution in [-0.4, -0.2) is 70.0 Å². The van der Waals surface area contributed by atoms with E-state index in [0.717, 1.165) is 70.6 Å². The van der Waals surface area contributed by atoms with Crippen LogP contribution in [0.25, 0.3) is 0 Å². The van der Waals surface area contributed by atoms with Gasteiger partial charge in [-0.05, 0) is 77.0 Å². The topological polar surface area (TPSA) is 111 Å². The zero-order chi connectivity index (χ0) is 43.6. The second-order valence-corrected chi connectivity index (χ2v) is 17.4. The highest BCUT2D eigenvalue weighted by Gasteiger charge is 2.21. The van der Waals surface area contributed by atoms with Gasteiger partial charge in [0.25, 0.3) is 7.82 Å². The first kappa shape index (κ1) is 56.2. The van der Waals surface area contributed by atoms with Crippen molar-refractivity contribution in [1.29, 1.82) is 0 Å². The van der Waals surface area contributed by atoms with Crippen molar-refractivity contribution < 1.29 is 42.1 Å². The van der Waals surface area contributed by atoms with E-state index >= 15 is 0 Å². The summed E-state index contributed by atoms with van der Waals surface area (Å²) < 4.78 is 33.8. The second-order valence-electron chi connectivity index (χ2n) is 16.0. The molecule has 0 heterocycles. The maximum absolute atomic E-state index is 12.7. The zero-order valence-corrected chi connectivity index (χ0v) is 38.8. The highest BCUT2D eigenvalue weighted by molar-refractivity contribution is 7.45. The molecule has 0 saturated carbocycles. The number of allylic oxidation sites excluding steroid dienone is 14. The average molecular weight is 846 g/mol. The molecule has 0 aliphatic heterocycles. The molecule has 0 radical (unpaired) electrons. The summed E-state index contributed by atoms with van der Waals surface area (Å²) >= 11 is 0. The number of carbonyl (C=O) groups is 2. The smallest absolute Gasteiger partial charge is 0.306 e. The van der Waals surface area contributed by atoms with E-state index in [9.17, 15) is 19.0 Å². The van der Waals surface area contributed by atoms with Crippen LogP contribution in [0.5, 0.6) is 0 Å². The molecule has 2 atom stereocenters. The van der Waals surface area contributed by atoms with Crippen molar-refractivity contribution in [2.45, 2.75) is 168 Å². The third-order valence-corrected chi connectivity index (χ3v) is 10.1. The van der Waals surface area contributed by atoms with Crippen LogP contribution in [0.15, 0.2) is 85.1 Å². The lowest BCUT2D eigenvalue weighted by Crippen LogP contribution is -2.37. The van der Waals surface area contributed by atoms with Crippen LogP contribution in [0, 0.1) is 0 Å². The molecule has 1 unspecified atom stereocenters. The maximum Gasteiger partial charge on any atom is 0.306 e. The maximum atomic E-state index is 12.7. The zero-order valence-electron chi connectivity index (χ0n) is 37.9. The second kappa shape index (κ2) is 40.6. The Bertz CT molecular complexity index is 1280. The first-order chi connectivity index (χ1) is 28.5. The summed E-state index contributed by atoms with van der Waals surface area (Å²) in [5, 5.41) is 0. The largest absolute Gasteiger partial charge is 0.756 e. The molecule has 59 heavy (non-hydrogen) atoms. The van der Waals surface area contributed by atoms with E-state index < -0.39 is 32.5 Å². The first-order valence-electron chi connectivity index (χ1n) is 22.8. The number of nitrogens with zero attached hydrogens (tertiary/aromatic N) is 1. The molecule has 10 heteroatoms. The van der Waals surface area contributed by atoms with Crippen molar-refractivity contribution in [3.63, 3.8) is 0 Å². The number of hydrogen-bond donors (Lipinski definition) is 0. The Morgan fingerprint density at radius 3 is 1.51 bits per heavy atom. The number of rotatable bonds is 40. The molecule has 0 saturated heterocycles. The molecule has 0 bridgehead atoms. The fourth-order valence-corrected chi connectivity index (χ4v) is 6.34. The van der Waals surface area contributed by atoms with Gasteiger partial charge in [0.1, 0.15) is 19.8 Å². The molecule has 0 aromatic carbocycles. The van der Waals surface area contributed by atoms with Gasteiger partial charge in [0.05, 0.1) is 27.7 Å². The van der Waals surface area contributed by atoms with Crippen LogP contribution < -0.4 is 4.89 Å². The highest BCUT2D eigenvalue weighted by Crippen LogP contribution is 2.38. The fourth-order valence-electron chi connectivity index (χ4n) is 5.61. The summed E-state index contributed by atoms with van der Waals surface area (Å²) in [7, 11) is 1.10. The van der Waals surface area contributed by atoms with E-state index in [1.54, 1.807) is 0 Å². The van der Waals surface area contributed by atoms with Gasteiger partial charge in [0, 0.05) is 12.8 Å².